The Balaban J connectivity index is 2.24. The molecule has 0 atom stereocenters. The number of hydrogen-bond acceptors (Lipinski definition) is 0. The van der Waals surface area contributed by atoms with Crippen LogP contribution in [0.2, 0.25) is 0 Å². The Morgan fingerprint density at radius 2 is 1.92 bits per heavy atom. The van der Waals surface area contributed by atoms with E-state index in [2.05, 4.69) is 38.2 Å². The average Bonchev–Trinajstić information content (AvgIpc) is 2.58. The Bertz CT molecular complexity index is 322. The van der Waals surface area contributed by atoms with Crippen molar-refractivity contribution in [2.24, 2.45) is 0 Å². The van der Waals surface area contributed by atoms with Crippen molar-refractivity contribution < 1.29 is 0 Å². The topological polar surface area (TPSA) is 0 Å². The van der Waals surface area contributed by atoms with Crippen LogP contribution in [0.5, 0.6) is 0 Å². The first-order chi connectivity index (χ1) is 5.77. The molecule has 0 aliphatic heterocycles. The maximum absolute atomic E-state index is 2.33. The summed E-state index contributed by atoms with van der Waals surface area (Å²) < 4.78 is 0. The normalized spacial score (nSPS) is 21.8. The molecule has 0 aromatic carbocycles. The summed E-state index contributed by atoms with van der Waals surface area (Å²) in [4.78, 5) is 0. The molecule has 0 radical (unpaired) electrons. The Morgan fingerprint density at radius 3 is 2.42 bits per heavy atom. The molecule has 0 N–H and O–H groups in total. The van der Waals surface area contributed by atoms with Crippen molar-refractivity contribution in [3.8, 4) is 0 Å². The van der Waals surface area contributed by atoms with Crippen LogP contribution >= 0.6 is 0 Å². The predicted molar refractivity (Wildman–Crippen MR) is 52.9 cm³/mol. The smallest absolute Gasteiger partial charge is 0.00857 e. The van der Waals surface area contributed by atoms with Crippen molar-refractivity contribution in [3.05, 3.63) is 46.6 Å². The lowest BCUT2D eigenvalue weighted by Gasteiger charge is -2.03. The first-order valence-electron chi connectivity index (χ1n) is 4.52. The van der Waals surface area contributed by atoms with Gasteiger partial charge in [0, 0.05) is 0 Å². The lowest BCUT2D eigenvalue weighted by Crippen LogP contribution is -1.84. The third kappa shape index (κ3) is 1.18. The molecular weight excluding hydrogens is 144 g/mol. The average molecular weight is 158 g/mol. The van der Waals surface area contributed by atoms with Crippen LogP contribution in [0.1, 0.15) is 26.7 Å². The Kier molecular flexibility index (Phi) is 1.76. The molecule has 0 saturated heterocycles. The summed E-state index contributed by atoms with van der Waals surface area (Å²) in [5.74, 6) is 0. The molecule has 0 fully saturated rings. The van der Waals surface area contributed by atoms with Gasteiger partial charge in [-0.3, -0.25) is 0 Å². The number of hydrogen-bond donors (Lipinski definition) is 0. The molecular formula is C12H14. The van der Waals surface area contributed by atoms with Gasteiger partial charge in [0.2, 0.25) is 0 Å². The highest BCUT2D eigenvalue weighted by Gasteiger charge is 2.12. The molecule has 0 unspecified atom stereocenters. The summed E-state index contributed by atoms with van der Waals surface area (Å²) in [5, 5.41) is 0. The first-order valence-corrected chi connectivity index (χ1v) is 4.52. The van der Waals surface area contributed by atoms with E-state index in [4.69, 9.17) is 0 Å². The van der Waals surface area contributed by atoms with E-state index in [-0.39, 0.29) is 0 Å². The second-order valence-corrected chi connectivity index (χ2v) is 3.56. The zero-order chi connectivity index (χ0) is 8.55. The zero-order valence-corrected chi connectivity index (χ0v) is 7.72. The Labute approximate surface area is 74.0 Å². The fraction of sp³-hybridized carbons (Fsp3) is 0.333. The van der Waals surface area contributed by atoms with Crippen LogP contribution in [0.25, 0.3) is 0 Å². The molecule has 2 rings (SSSR count). The molecule has 0 spiro atoms. The molecule has 0 saturated carbocycles. The molecule has 0 heteroatoms. The van der Waals surface area contributed by atoms with Gasteiger partial charge in [-0.1, -0.05) is 29.9 Å². The Morgan fingerprint density at radius 1 is 1.08 bits per heavy atom. The third-order valence-corrected chi connectivity index (χ3v) is 2.56. The molecule has 2 aliphatic carbocycles. The highest BCUT2D eigenvalue weighted by molar-refractivity contribution is 5.54. The molecule has 0 bridgehead atoms. The predicted octanol–water partition coefficient (Wildman–Crippen LogP) is 3.54. The fourth-order valence-electron chi connectivity index (χ4n) is 1.86. The summed E-state index contributed by atoms with van der Waals surface area (Å²) in [6, 6.07) is 0. The van der Waals surface area contributed by atoms with E-state index in [1.165, 1.54) is 22.3 Å². The van der Waals surface area contributed by atoms with Crippen molar-refractivity contribution in [2.75, 3.05) is 0 Å². The second-order valence-electron chi connectivity index (χ2n) is 3.56. The summed E-state index contributed by atoms with van der Waals surface area (Å²) >= 11 is 0. The molecule has 12 heavy (non-hydrogen) atoms. The minimum absolute atomic E-state index is 1.12. The summed E-state index contributed by atoms with van der Waals surface area (Å²) in [6.07, 6.45) is 11.5. The van der Waals surface area contributed by atoms with Gasteiger partial charge in [0.25, 0.3) is 0 Å². The first kappa shape index (κ1) is 7.60. The van der Waals surface area contributed by atoms with Gasteiger partial charge < -0.3 is 0 Å². The number of allylic oxidation sites excluding steroid dienone is 8. The van der Waals surface area contributed by atoms with E-state index < -0.39 is 0 Å². The zero-order valence-electron chi connectivity index (χ0n) is 7.72. The minimum atomic E-state index is 1.12. The van der Waals surface area contributed by atoms with Crippen LogP contribution in [-0.4, -0.2) is 0 Å². The fourth-order valence-corrected chi connectivity index (χ4v) is 1.86. The van der Waals surface area contributed by atoms with Gasteiger partial charge in [-0.25, -0.2) is 0 Å². The van der Waals surface area contributed by atoms with Crippen LogP contribution < -0.4 is 0 Å². The summed E-state index contributed by atoms with van der Waals surface area (Å²) in [7, 11) is 0. The Hall–Kier alpha value is -1.04. The minimum Gasteiger partial charge on any atom is -0.0772 e. The van der Waals surface area contributed by atoms with Crippen LogP contribution in [0.4, 0.5) is 0 Å². The van der Waals surface area contributed by atoms with Gasteiger partial charge in [-0.2, -0.15) is 0 Å². The van der Waals surface area contributed by atoms with E-state index in [1.807, 2.05) is 0 Å². The van der Waals surface area contributed by atoms with E-state index in [9.17, 15) is 0 Å². The van der Waals surface area contributed by atoms with Crippen molar-refractivity contribution >= 4 is 0 Å². The maximum Gasteiger partial charge on any atom is -0.00857 e. The van der Waals surface area contributed by atoms with E-state index in [1.54, 1.807) is 0 Å². The van der Waals surface area contributed by atoms with Crippen molar-refractivity contribution in [1.82, 2.24) is 0 Å². The molecule has 62 valence electrons. The van der Waals surface area contributed by atoms with Crippen LogP contribution in [0.3, 0.4) is 0 Å². The van der Waals surface area contributed by atoms with Gasteiger partial charge in [0.05, 0.1) is 0 Å². The summed E-state index contributed by atoms with van der Waals surface area (Å²) in [5.41, 5.74) is 5.83. The van der Waals surface area contributed by atoms with Crippen LogP contribution in [0, 0.1) is 0 Å². The highest BCUT2D eigenvalue weighted by Crippen LogP contribution is 2.31. The van der Waals surface area contributed by atoms with E-state index in [0.717, 1.165) is 12.8 Å². The molecule has 0 amide bonds. The molecule has 0 nitrogen and oxygen atoms in total. The standard InChI is InChI=1S/C12H14/c1-9-6-7-11(8-9)12-5-3-4-10(12)2/h4-6,8H,3,7H2,1-2H3. The van der Waals surface area contributed by atoms with Gasteiger partial charge >= 0.3 is 0 Å². The van der Waals surface area contributed by atoms with E-state index in [0.29, 0.717) is 0 Å². The monoisotopic (exact) mass is 158 g/mol. The van der Waals surface area contributed by atoms with Gasteiger partial charge in [0.1, 0.15) is 0 Å². The second kappa shape index (κ2) is 2.78. The third-order valence-electron chi connectivity index (χ3n) is 2.56. The maximum atomic E-state index is 2.33. The van der Waals surface area contributed by atoms with Crippen molar-refractivity contribution in [1.29, 1.82) is 0 Å². The van der Waals surface area contributed by atoms with Crippen molar-refractivity contribution in [2.45, 2.75) is 26.7 Å². The largest absolute Gasteiger partial charge is 0.0772 e. The number of rotatable bonds is 1. The molecule has 0 aromatic rings. The van der Waals surface area contributed by atoms with E-state index >= 15 is 0 Å². The van der Waals surface area contributed by atoms with Crippen LogP contribution in [-0.2, 0) is 0 Å². The van der Waals surface area contributed by atoms with Gasteiger partial charge in [0.15, 0.2) is 0 Å². The lowest BCUT2D eigenvalue weighted by atomic mass is 10.0. The van der Waals surface area contributed by atoms with Crippen molar-refractivity contribution in [3.63, 3.8) is 0 Å². The SMILES string of the molecule is CC1=CCC(C2=CCC=C2C)=C1. The quantitative estimate of drug-likeness (QED) is 0.547. The summed E-state index contributed by atoms with van der Waals surface area (Å²) in [6.45, 7) is 4.37. The molecule has 0 heterocycles. The van der Waals surface area contributed by atoms with Gasteiger partial charge in [-0.15, -0.1) is 0 Å². The lowest BCUT2D eigenvalue weighted by molar-refractivity contribution is 1.25. The molecule has 2 aliphatic rings. The molecule has 0 aromatic heterocycles. The highest BCUT2D eigenvalue weighted by atomic mass is 14.2. The van der Waals surface area contributed by atoms with Gasteiger partial charge in [-0.05, 0) is 43.4 Å². The van der Waals surface area contributed by atoms with Crippen LogP contribution in [0.15, 0.2) is 46.6 Å².